The Morgan fingerprint density at radius 2 is 0.643 bits per heavy atom. The Labute approximate surface area is 176 Å². The smallest absolute Gasteiger partial charge is 0.0323 e. The van der Waals surface area contributed by atoms with Crippen molar-refractivity contribution in [2.45, 2.75) is 117 Å². The van der Waals surface area contributed by atoms with Crippen LogP contribution < -0.4 is 0 Å². The molecule has 0 aromatic rings. The first kappa shape index (κ1) is 19.9. The first-order valence-corrected chi connectivity index (χ1v) is 13.7. The number of hydrogen-bond donors (Lipinski definition) is 0. The largest absolute Gasteiger partial charge is 0.0625 e. The summed E-state index contributed by atoms with van der Waals surface area (Å²) in [5.74, 6) is 11.1. The van der Waals surface area contributed by atoms with Crippen molar-refractivity contribution >= 4 is 0 Å². The lowest BCUT2D eigenvalue weighted by Crippen LogP contribution is -2.53. The Morgan fingerprint density at radius 3 is 0.929 bits per heavy atom. The molecule has 5 rings (SSSR count). The van der Waals surface area contributed by atoms with Gasteiger partial charge < -0.3 is 0 Å². The Hall–Kier alpha value is 0. The van der Waals surface area contributed by atoms with Crippen LogP contribution in [0.4, 0.5) is 0 Å². The first-order valence-electron chi connectivity index (χ1n) is 13.7. The van der Waals surface area contributed by atoms with Gasteiger partial charge >= 0.3 is 0 Å². The highest BCUT2D eigenvalue weighted by molar-refractivity contribution is 5.03. The first-order chi connectivity index (χ1) is 13.7. The van der Waals surface area contributed by atoms with Gasteiger partial charge in [0.1, 0.15) is 0 Å². The molecule has 28 heavy (non-hydrogen) atoms. The Kier molecular flexibility index (Phi) is 6.14. The average molecular weight is 385 g/mol. The molecule has 0 aromatic carbocycles. The molecule has 0 bridgehead atoms. The third-order valence-corrected chi connectivity index (χ3v) is 10.9. The van der Waals surface area contributed by atoms with Crippen molar-refractivity contribution in [1.82, 2.24) is 0 Å². The second kappa shape index (κ2) is 8.63. The van der Waals surface area contributed by atoms with E-state index in [-0.39, 0.29) is 0 Å². The molecule has 4 unspecified atom stereocenters. The summed E-state index contributed by atoms with van der Waals surface area (Å²) in [5.41, 5.74) is 0. The highest BCUT2D eigenvalue weighted by Gasteiger charge is 2.54. The lowest BCUT2D eigenvalue weighted by Gasteiger charge is -2.60. The van der Waals surface area contributed by atoms with Crippen molar-refractivity contribution in [2.75, 3.05) is 0 Å². The summed E-state index contributed by atoms with van der Waals surface area (Å²) in [7, 11) is 0. The predicted molar refractivity (Wildman–Crippen MR) is 120 cm³/mol. The van der Waals surface area contributed by atoms with Crippen LogP contribution in [-0.2, 0) is 0 Å². The van der Waals surface area contributed by atoms with Crippen LogP contribution in [0.3, 0.4) is 0 Å². The van der Waals surface area contributed by atoms with Gasteiger partial charge in [-0.3, -0.25) is 0 Å². The molecule has 0 aromatic heterocycles. The van der Waals surface area contributed by atoms with Gasteiger partial charge in [-0.05, 0) is 111 Å². The van der Waals surface area contributed by atoms with Crippen molar-refractivity contribution in [2.24, 2.45) is 59.2 Å². The molecule has 5 aliphatic carbocycles. The van der Waals surface area contributed by atoms with Crippen LogP contribution in [0.1, 0.15) is 117 Å². The van der Waals surface area contributed by atoms with Gasteiger partial charge in [0, 0.05) is 0 Å². The average Bonchev–Trinajstić information content (AvgIpc) is 2.74. The monoisotopic (exact) mass is 384 g/mol. The summed E-state index contributed by atoms with van der Waals surface area (Å²) < 4.78 is 0. The van der Waals surface area contributed by atoms with E-state index in [0.29, 0.717) is 0 Å². The fraction of sp³-hybridized carbons (Fsp3) is 1.00. The van der Waals surface area contributed by atoms with Crippen molar-refractivity contribution in [1.29, 1.82) is 0 Å². The van der Waals surface area contributed by atoms with E-state index in [1.807, 2.05) is 0 Å². The maximum Gasteiger partial charge on any atom is -0.0323 e. The fourth-order valence-electron chi connectivity index (χ4n) is 9.66. The minimum absolute atomic E-state index is 1.01. The van der Waals surface area contributed by atoms with E-state index < -0.39 is 0 Å². The van der Waals surface area contributed by atoms with Crippen LogP contribution >= 0.6 is 0 Å². The molecule has 0 heterocycles. The summed E-state index contributed by atoms with van der Waals surface area (Å²) >= 11 is 0. The maximum absolute atomic E-state index is 2.52. The second-order valence-electron chi connectivity index (χ2n) is 12.4. The van der Waals surface area contributed by atoms with E-state index in [4.69, 9.17) is 0 Å². The van der Waals surface area contributed by atoms with Crippen molar-refractivity contribution in [3.05, 3.63) is 0 Å². The lowest BCUT2D eigenvalue weighted by molar-refractivity contribution is -0.114. The van der Waals surface area contributed by atoms with Gasteiger partial charge in [-0.2, -0.15) is 0 Å². The van der Waals surface area contributed by atoms with Gasteiger partial charge in [-0.15, -0.1) is 0 Å². The minimum Gasteiger partial charge on any atom is -0.0625 e. The highest BCUT2D eigenvalue weighted by Crippen LogP contribution is 2.62. The summed E-state index contributed by atoms with van der Waals surface area (Å²) in [6.07, 6.45) is 25.2. The molecule has 5 aliphatic rings. The van der Waals surface area contributed by atoms with Crippen LogP contribution in [0, 0.1) is 59.2 Å². The topological polar surface area (TPSA) is 0 Å². The van der Waals surface area contributed by atoms with Crippen molar-refractivity contribution in [3.8, 4) is 0 Å². The molecule has 0 saturated heterocycles. The quantitative estimate of drug-likeness (QED) is 0.447. The van der Waals surface area contributed by atoms with Crippen LogP contribution in [0.5, 0.6) is 0 Å². The lowest BCUT2D eigenvalue weighted by atomic mass is 9.45. The number of hydrogen-bond acceptors (Lipinski definition) is 0. The highest BCUT2D eigenvalue weighted by atomic mass is 14.6. The van der Waals surface area contributed by atoms with Gasteiger partial charge in [0.2, 0.25) is 0 Å². The van der Waals surface area contributed by atoms with Gasteiger partial charge in [0.15, 0.2) is 0 Å². The number of fused-ring (bicyclic) bond motifs is 2. The standard InChI is InChI=1S/C28H48/c1-19-11-15-21(16-12-19)27-23-7-3-5-9-25(23)28(22-17-13-20(2)14-18-22)26-10-6-4-8-24(26)27/h19-28H,3-18H2,1-2H3. The normalized spacial score (nSPS) is 52.5. The molecule has 0 heteroatoms. The second-order valence-corrected chi connectivity index (χ2v) is 12.4. The van der Waals surface area contributed by atoms with Gasteiger partial charge in [-0.25, -0.2) is 0 Å². The van der Waals surface area contributed by atoms with Crippen molar-refractivity contribution in [3.63, 3.8) is 0 Å². The molecule has 0 amide bonds. The van der Waals surface area contributed by atoms with E-state index in [1.165, 1.54) is 0 Å². The molecule has 5 fully saturated rings. The van der Waals surface area contributed by atoms with E-state index in [0.717, 1.165) is 59.2 Å². The SMILES string of the molecule is CC1CCC(C2C3CCCCC3C(C3CCC(C)CC3)C3CCCCC32)CC1. The molecular formula is C28H48. The van der Waals surface area contributed by atoms with E-state index >= 15 is 0 Å². The third kappa shape index (κ3) is 3.73. The fourth-order valence-corrected chi connectivity index (χ4v) is 9.66. The molecule has 0 radical (unpaired) electrons. The number of rotatable bonds is 2. The Balaban J connectivity index is 1.43. The van der Waals surface area contributed by atoms with Crippen LogP contribution in [-0.4, -0.2) is 0 Å². The zero-order valence-corrected chi connectivity index (χ0v) is 19.1. The van der Waals surface area contributed by atoms with Gasteiger partial charge in [0.05, 0.1) is 0 Å². The molecule has 0 N–H and O–H groups in total. The summed E-state index contributed by atoms with van der Waals surface area (Å²) in [5, 5.41) is 0. The summed E-state index contributed by atoms with van der Waals surface area (Å²) in [6.45, 7) is 5.04. The Morgan fingerprint density at radius 1 is 0.357 bits per heavy atom. The maximum atomic E-state index is 2.52. The summed E-state index contributed by atoms with van der Waals surface area (Å²) in [6, 6.07) is 0. The van der Waals surface area contributed by atoms with Crippen LogP contribution in [0.25, 0.3) is 0 Å². The zero-order chi connectivity index (χ0) is 19.1. The van der Waals surface area contributed by atoms with Crippen molar-refractivity contribution < 1.29 is 0 Å². The van der Waals surface area contributed by atoms with Crippen LogP contribution in [0.2, 0.25) is 0 Å². The molecule has 5 saturated carbocycles. The third-order valence-electron chi connectivity index (χ3n) is 10.9. The van der Waals surface area contributed by atoms with E-state index in [2.05, 4.69) is 13.8 Å². The molecule has 0 aliphatic heterocycles. The molecule has 160 valence electrons. The molecule has 0 nitrogen and oxygen atoms in total. The molecule has 4 atom stereocenters. The zero-order valence-electron chi connectivity index (χ0n) is 19.1. The molecular weight excluding hydrogens is 336 g/mol. The van der Waals surface area contributed by atoms with E-state index in [1.54, 1.807) is 103 Å². The van der Waals surface area contributed by atoms with Crippen LogP contribution in [0.15, 0.2) is 0 Å². The van der Waals surface area contributed by atoms with E-state index in [9.17, 15) is 0 Å². The van der Waals surface area contributed by atoms with Gasteiger partial charge in [0.25, 0.3) is 0 Å². The Bertz CT molecular complexity index is 422. The predicted octanol–water partition coefficient (Wildman–Crippen LogP) is 8.50. The molecule has 0 spiro atoms. The summed E-state index contributed by atoms with van der Waals surface area (Å²) in [4.78, 5) is 0. The minimum atomic E-state index is 1.01. The van der Waals surface area contributed by atoms with Gasteiger partial charge in [-0.1, -0.05) is 65.2 Å².